The standard InChI is InChI=1S/C19H18FN3O/c1-12(2)17-15-5-3-4-6-16(15)22-18(17)19(24)23-21-11-13-7-9-14(20)10-8-13/h3-12,22H,1-2H3,(H,23,24). The van der Waals surface area contributed by atoms with Gasteiger partial charge < -0.3 is 4.98 Å². The lowest BCUT2D eigenvalue weighted by atomic mass is 9.99. The Hall–Kier alpha value is -2.95. The van der Waals surface area contributed by atoms with E-state index in [0.717, 1.165) is 16.5 Å². The number of H-pyrrole nitrogens is 1. The minimum atomic E-state index is -0.309. The lowest BCUT2D eigenvalue weighted by Crippen LogP contribution is -2.19. The van der Waals surface area contributed by atoms with Crippen LogP contribution in [0, 0.1) is 5.82 Å². The van der Waals surface area contributed by atoms with Crippen LogP contribution < -0.4 is 5.43 Å². The Morgan fingerprint density at radius 2 is 1.88 bits per heavy atom. The molecule has 1 amide bonds. The van der Waals surface area contributed by atoms with E-state index in [2.05, 4.69) is 15.5 Å². The second-order valence-corrected chi connectivity index (χ2v) is 5.86. The van der Waals surface area contributed by atoms with Crippen molar-refractivity contribution >= 4 is 23.0 Å². The molecule has 5 heteroatoms. The van der Waals surface area contributed by atoms with Crippen molar-refractivity contribution in [1.29, 1.82) is 0 Å². The number of hydrogen-bond donors (Lipinski definition) is 2. The number of fused-ring (bicyclic) bond motifs is 1. The van der Waals surface area contributed by atoms with Gasteiger partial charge in [-0.15, -0.1) is 0 Å². The van der Waals surface area contributed by atoms with E-state index < -0.39 is 0 Å². The van der Waals surface area contributed by atoms with Crippen molar-refractivity contribution in [2.45, 2.75) is 19.8 Å². The molecule has 4 nitrogen and oxygen atoms in total. The number of aromatic nitrogens is 1. The summed E-state index contributed by atoms with van der Waals surface area (Å²) in [5.74, 6) is -0.410. The summed E-state index contributed by atoms with van der Waals surface area (Å²) in [6.45, 7) is 4.10. The molecule has 0 aliphatic heterocycles. The molecule has 0 saturated carbocycles. The second kappa shape index (κ2) is 6.66. The average Bonchev–Trinajstić information content (AvgIpc) is 2.96. The summed E-state index contributed by atoms with van der Waals surface area (Å²) in [6, 6.07) is 13.7. The largest absolute Gasteiger partial charge is 0.350 e. The van der Waals surface area contributed by atoms with Gasteiger partial charge in [-0.05, 0) is 35.2 Å². The molecular weight excluding hydrogens is 305 g/mol. The van der Waals surface area contributed by atoms with Crippen LogP contribution in [-0.2, 0) is 0 Å². The summed E-state index contributed by atoms with van der Waals surface area (Å²) >= 11 is 0. The fourth-order valence-electron chi connectivity index (χ4n) is 2.71. The molecule has 0 aliphatic carbocycles. The van der Waals surface area contributed by atoms with Crippen LogP contribution in [0.1, 0.15) is 41.4 Å². The highest BCUT2D eigenvalue weighted by Crippen LogP contribution is 2.28. The summed E-state index contributed by atoms with van der Waals surface area (Å²) in [7, 11) is 0. The molecule has 3 rings (SSSR count). The van der Waals surface area contributed by atoms with E-state index in [4.69, 9.17) is 0 Å². The number of carbonyl (C=O) groups is 1. The van der Waals surface area contributed by atoms with Gasteiger partial charge in [-0.1, -0.05) is 44.2 Å². The van der Waals surface area contributed by atoms with Gasteiger partial charge in [0.05, 0.1) is 6.21 Å². The molecule has 0 spiro atoms. The van der Waals surface area contributed by atoms with Crippen LogP contribution in [0.15, 0.2) is 53.6 Å². The summed E-state index contributed by atoms with van der Waals surface area (Å²) < 4.78 is 12.9. The van der Waals surface area contributed by atoms with Crippen LogP contribution >= 0.6 is 0 Å². The summed E-state index contributed by atoms with van der Waals surface area (Å²) in [5.41, 5.74) is 5.64. The average molecular weight is 323 g/mol. The summed E-state index contributed by atoms with van der Waals surface area (Å²) in [6.07, 6.45) is 1.48. The minimum Gasteiger partial charge on any atom is -0.350 e. The van der Waals surface area contributed by atoms with Crippen molar-refractivity contribution in [3.63, 3.8) is 0 Å². The van der Waals surface area contributed by atoms with Crippen molar-refractivity contribution in [2.75, 3.05) is 0 Å². The van der Waals surface area contributed by atoms with Crippen molar-refractivity contribution in [2.24, 2.45) is 5.10 Å². The zero-order valence-electron chi connectivity index (χ0n) is 13.5. The maximum atomic E-state index is 12.9. The predicted molar refractivity (Wildman–Crippen MR) is 93.8 cm³/mol. The molecule has 0 saturated heterocycles. The van der Waals surface area contributed by atoms with Gasteiger partial charge in [0, 0.05) is 10.9 Å². The molecule has 24 heavy (non-hydrogen) atoms. The van der Waals surface area contributed by atoms with Crippen LogP contribution in [0.3, 0.4) is 0 Å². The number of benzene rings is 2. The molecule has 2 N–H and O–H groups in total. The van der Waals surface area contributed by atoms with Crippen LogP contribution in [0.5, 0.6) is 0 Å². The number of carbonyl (C=O) groups excluding carboxylic acids is 1. The van der Waals surface area contributed by atoms with E-state index in [-0.39, 0.29) is 17.6 Å². The van der Waals surface area contributed by atoms with Gasteiger partial charge in [0.25, 0.3) is 5.91 Å². The molecule has 0 aliphatic rings. The smallest absolute Gasteiger partial charge is 0.288 e. The number of hydrazone groups is 1. The maximum absolute atomic E-state index is 12.9. The molecule has 2 aromatic carbocycles. The van der Waals surface area contributed by atoms with E-state index in [1.54, 1.807) is 12.1 Å². The zero-order valence-corrected chi connectivity index (χ0v) is 13.5. The first kappa shape index (κ1) is 15.9. The summed E-state index contributed by atoms with van der Waals surface area (Å²) in [4.78, 5) is 15.6. The SMILES string of the molecule is CC(C)c1c(C(=O)NN=Cc2ccc(F)cc2)[nH]c2ccccc12. The monoisotopic (exact) mass is 323 g/mol. The molecule has 122 valence electrons. The highest BCUT2D eigenvalue weighted by molar-refractivity contribution is 6.01. The van der Waals surface area contributed by atoms with E-state index in [1.165, 1.54) is 18.3 Å². The molecule has 3 aromatic rings. The Labute approximate surface area is 139 Å². The minimum absolute atomic E-state index is 0.197. The Balaban J connectivity index is 1.83. The van der Waals surface area contributed by atoms with Gasteiger partial charge in [0.15, 0.2) is 0 Å². The normalized spacial score (nSPS) is 11.5. The van der Waals surface area contributed by atoms with Crippen LogP contribution in [0.25, 0.3) is 10.9 Å². The molecule has 1 heterocycles. The lowest BCUT2D eigenvalue weighted by molar-refractivity contribution is 0.0949. The lowest BCUT2D eigenvalue weighted by Gasteiger charge is -2.07. The van der Waals surface area contributed by atoms with Crippen LogP contribution in [0.4, 0.5) is 4.39 Å². The van der Waals surface area contributed by atoms with E-state index >= 15 is 0 Å². The highest BCUT2D eigenvalue weighted by Gasteiger charge is 2.19. The number of para-hydroxylation sites is 1. The maximum Gasteiger partial charge on any atom is 0.288 e. The van der Waals surface area contributed by atoms with Crippen molar-refractivity contribution in [3.05, 3.63) is 71.2 Å². The molecule has 0 atom stereocenters. The van der Waals surface area contributed by atoms with E-state index in [0.29, 0.717) is 11.3 Å². The van der Waals surface area contributed by atoms with Gasteiger partial charge in [-0.2, -0.15) is 5.10 Å². The van der Waals surface area contributed by atoms with Gasteiger partial charge >= 0.3 is 0 Å². The number of halogens is 1. The highest BCUT2D eigenvalue weighted by atomic mass is 19.1. The first-order valence-electron chi connectivity index (χ1n) is 7.76. The van der Waals surface area contributed by atoms with Crippen molar-refractivity contribution in [1.82, 2.24) is 10.4 Å². The zero-order chi connectivity index (χ0) is 17.1. The molecule has 0 unspecified atom stereocenters. The number of amides is 1. The number of aromatic amines is 1. The van der Waals surface area contributed by atoms with E-state index in [9.17, 15) is 9.18 Å². The number of hydrogen-bond acceptors (Lipinski definition) is 2. The first-order chi connectivity index (χ1) is 11.6. The molecule has 0 fully saturated rings. The predicted octanol–water partition coefficient (Wildman–Crippen LogP) is 4.19. The first-order valence-corrected chi connectivity index (χ1v) is 7.76. The van der Waals surface area contributed by atoms with Gasteiger partial charge in [-0.25, -0.2) is 9.82 Å². The van der Waals surface area contributed by atoms with Gasteiger partial charge in [0.1, 0.15) is 11.5 Å². The number of nitrogens with one attached hydrogen (secondary N) is 2. The molecule has 1 aromatic heterocycles. The number of nitrogens with zero attached hydrogens (tertiary/aromatic N) is 1. The van der Waals surface area contributed by atoms with Gasteiger partial charge in [0.2, 0.25) is 0 Å². The summed E-state index contributed by atoms with van der Waals surface area (Å²) in [5, 5.41) is 4.99. The Morgan fingerprint density at radius 1 is 1.17 bits per heavy atom. The van der Waals surface area contributed by atoms with Crippen molar-refractivity contribution in [3.8, 4) is 0 Å². The molecular formula is C19H18FN3O. The fraction of sp³-hybridized carbons (Fsp3) is 0.158. The Bertz CT molecular complexity index is 895. The third kappa shape index (κ3) is 3.20. The Kier molecular flexibility index (Phi) is 4.42. The number of rotatable bonds is 4. The topological polar surface area (TPSA) is 57.2 Å². The Morgan fingerprint density at radius 3 is 2.58 bits per heavy atom. The second-order valence-electron chi connectivity index (χ2n) is 5.86. The third-order valence-electron chi connectivity index (χ3n) is 3.80. The molecule has 0 bridgehead atoms. The third-order valence-corrected chi connectivity index (χ3v) is 3.80. The van der Waals surface area contributed by atoms with Crippen molar-refractivity contribution < 1.29 is 9.18 Å². The quantitative estimate of drug-likeness (QED) is 0.549. The van der Waals surface area contributed by atoms with Crippen LogP contribution in [-0.4, -0.2) is 17.1 Å². The molecule has 0 radical (unpaired) electrons. The van der Waals surface area contributed by atoms with E-state index in [1.807, 2.05) is 38.1 Å². The van der Waals surface area contributed by atoms with Gasteiger partial charge in [-0.3, -0.25) is 4.79 Å². The van der Waals surface area contributed by atoms with Crippen LogP contribution in [0.2, 0.25) is 0 Å². The fourth-order valence-corrected chi connectivity index (χ4v) is 2.71.